The highest BCUT2D eigenvalue weighted by molar-refractivity contribution is 7.89. The molecule has 0 amide bonds. The van der Waals surface area contributed by atoms with Crippen LogP contribution >= 0.6 is 0 Å². The van der Waals surface area contributed by atoms with Crippen molar-refractivity contribution in [2.24, 2.45) is 0 Å². The molecule has 2 heterocycles. The molecule has 0 radical (unpaired) electrons. The Morgan fingerprint density at radius 3 is 2.74 bits per heavy atom. The molecule has 7 nitrogen and oxygen atoms in total. The number of aromatic amines is 1. The lowest BCUT2D eigenvalue weighted by Gasteiger charge is -2.25. The number of hydrogen-bond donors (Lipinski definition) is 2. The maximum Gasteiger partial charge on any atom is 0.262 e. The number of nitrogens with one attached hydrogen (secondary N) is 2. The summed E-state index contributed by atoms with van der Waals surface area (Å²) in [7, 11) is -3.53. The van der Waals surface area contributed by atoms with E-state index in [1.54, 1.807) is 0 Å². The summed E-state index contributed by atoms with van der Waals surface area (Å²) >= 11 is 0. The highest BCUT2D eigenvalue weighted by Crippen LogP contribution is 2.21. The zero-order chi connectivity index (χ0) is 13.9. The van der Waals surface area contributed by atoms with Crippen LogP contribution in [-0.2, 0) is 21.3 Å². The third-order valence-corrected chi connectivity index (χ3v) is 5.01. The zero-order valence-corrected chi connectivity index (χ0v) is 12.1. The first-order valence-electron chi connectivity index (χ1n) is 6.39. The lowest BCUT2D eigenvalue weighted by molar-refractivity contribution is 0.0729. The van der Waals surface area contributed by atoms with Gasteiger partial charge in [0, 0.05) is 30.9 Å². The van der Waals surface area contributed by atoms with Crippen molar-refractivity contribution >= 4 is 10.0 Å². The third kappa shape index (κ3) is 2.97. The van der Waals surface area contributed by atoms with Gasteiger partial charge in [-0.05, 0) is 13.5 Å². The summed E-state index contributed by atoms with van der Waals surface area (Å²) in [6, 6.07) is 0. The van der Waals surface area contributed by atoms with E-state index in [4.69, 9.17) is 4.74 Å². The number of morpholine rings is 1. The molecular formula is C11H20N4O3S. The monoisotopic (exact) mass is 288 g/mol. The molecule has 19 heavy (non-hydrogen) atoms. The number of rotatable bonds is 5. The summed E-state index contributed by atoms with van der Waals surface area (Å²) in [6.45, 7) is 6.73. The van der Waals surface area contributed by atoms with Gasteiger partial charge in [-0.2, -0.15) is 9.40 Å². The Kier molecular flexibility index (Phi) is 4.56. The minimum Gasteiger partial charge on any atom is -0.379 e. The van der Waals surface area contributed by atoms with Crippen molar-refractivity contribution in [1.82, 2.24) is 19.8 Å². The van der Waals surface area contributed by atoms with Crippen LogP contribution in [0.2, 0.25) is 0 Å². The number of H-pyrrole nitrogens is 1. The number of sulfonamides is 1. The fourth-order valence-corrected chi connectivity index (χ4v) is 3.58. The first kappa shape index (κ1) is 14.4. The molecule has 1 fully saturated rings. The Balaban J connectivity index is 2.29. The maximum absolute atomic E-state index is 12.5. The van der Waals surface area contributed by atoms with Crippen LogP contribution in [0.5, 0.6) is 0 Å². The Morgan fingerprint density at radius 2 is 2.11 bits per heavy atom. The maximum atomic E-state index is 12.5. The molecule has 1 saturated heterocycles. The fourth-order valence-electron chi connectivity index (χ4n) is 2.01. The van der Waals surface area contributed by atoms with Crippen molar-refractivity contribution in [3.63, 3.8) is 0 Å². The number of ether oxygens (including phenoxy) is 1. The molecule has 8 heteroatoms. The van der Waals surface area contributed by atoms with E-state index < -0.39 is 10.0 Å². The van der Waals surface area contributed by atoms with Crippen LogP contribution in [0, 0.1) is 6.92 Å². The van der Waals surface area contributed by atoms with Crippen molar-refractivity contribution in [2.45, 2.75) is 25.4 Å². The van der Waals surface area contributed by atoms with Crippen molar-refractivity contribution in [2.75, 3.05) is 32.8 Å². The van der Waals surface area contributed by atoms with Crippen LogP contribution in [0.3, 0.4) is 0 Å². The zero-order valence-electron chi connectivity index (χ0n) is 11.3. The Hall–Kier alpha value is -0.960. The van der Waals surface area contributed by atoms with Crippen LogP contribution in [0.25, 0.3) is 0 Å². The minimum absolute atomic E-state index is 0.132. The van der Waals surface area contributed by atoms with E-state index in [2.05, 4.69) is 15.5 Å². The van der Waals surface area contributed by atoms with Gasteiger partial charge in [-0.15, -0.1) is 0 Å². The molecule has 2 N–H and O–H groups in total. The molecular weight excluding hydrogens is 268 g/mol. The number of hydrogen-bond acceptors (Lipinski definition) is 5. The average molecular weight is 288 g/mol. The van der Waals surface area contributed by atoms with Gasteiger partial charge in [-0.25, -0.2) is 8.42 Å². The highest BCUT2D eigenvalue weighted by Gasteiger charge is 2.31. The molecule has 2 rings (SSSR count). The average Bonchev–Trinajstić information content (AvgIpc) is 2.79. The van der Waals surface area contributed by atoms with Gasteiger partial charge in [-0.1, -0.05) is 6.92 Å². The van der Waals surface area contributed by atoms with E-state index in [9.17, 15) is 8.42 Å². The van der Waals surface area contributed by atoms with E-state index in [-0.39, 0.29) is 5.03 Å². The Labute approximate surface area is 113 Å². The molecule has 0 spiro atoms. The quantitative estimate of drug-likeness (QED) is 0.786. The minimum atomic E-state index is -3.53. The van der Waals surface area contributed by atoms with Crippen molar-refractivity contribution < 1.29 is 13.2 Å². The van der Waals surface area contributed by atoms with Crippen LogP contribution in [0.1, 0.15) is 18.2 Å². The smallest absolute Gasteiger partial charge is 0.262 e. The van der Waals surface area contributed by atoms with Crippen LogP contribution in [-0.4, -0.2) is 55.8 Å². The second-order valence-electron chi connectivity index (χ2n) is 4.43. The first-order chi connectivity index (χ1) is 9.07. The van der Waals surface area contributed by atoms with Gasteiger partial charge in [0.2, 0.25) is 0 Å². The summed E-state index contributed by atoms with van der Waals surface area (Å²) in [5.41, 5.74) is 1.50. The molecule has 1 aromatic heterocycles. The standard InChI is InChI=1S/C11H20N4O3S/c1-3-12-8-10-9(2)13-14-11(10)19(16,17)15-4-6-18-7-5-15/h12H,3-8H2,1-2H3,(H,13,14). The fraction of sp³-hybridized carbons (Fsp3) is 0.727. The largest absolute Gasteiger partial charge is 0.379 e. The van der Waals surface area contributed by atoms with Crippen molar-refractivity contribution in [3.8, 4) is 0 Å². The molecule has 108 valence electrons. The normalized spacial score (nSPS) is 17.8. The second-order valence-corrected chi connectivity index (χ2v) is 6.28. The summed E-state index contributed by atoms with van der Waals surface area (Å²) in [4.78, 5) is 0. The summed E-state index contributed by atoms with van der Waals surface area (Å²) < 4.78 is 31.7. The molecule has 1 aliphatic heterocycles. The van der Waals surface area contributed by atoms with Gasteiger partial charge in [-0.3, -0.25) is 5.10 Å². The molecule has 0 saturated carbocycles. The molecule has 1 aliphatic rings. The van der Waals surface area contributed by atoms with E-state index in [0.29, 0.717) is 38.4 Å². The van der Waals surface area contributed by atoms with Gasteiger partial charge >= 0.3 is 0 Å². The van der Waals surface area contributed by atoms with Crippen LogP contribution < -0.4 is 5.32 Å². The lowest BCUT2D eigenvalue weighted by atomic mass is 10.2. The summed E-state index contributed by atoms with van der Waals surface area (Å²) in [6.07, 6.45) is 0. The summed E-state index contributed by atoms with van der Waals surface area (Å²) in [5.74, 6) is 0. The van der Waals surface area contributed by atoms with Crippen LogP contribution in [0.15, 0.2) is 5.03 Å². The van der Waals surface area contributed by atoms with E-state index in [0.717, 1.165) is 12.2 Å². The summed E-state index contributed by atoms with van der Waals surface area (Å²) in [5, 5.41) is 10.0. The van der Waals surface area contributed by atoms with E-state index in [1.165, 1.54) is 4.31 Å². The first-order valence-corrected chi connectivity index (χ1v) is 7.83. The predicted octanol–water partition coefficient (Wildman–Crippen LogP) is -0.151. The third-order valence-electron chi connectivity index (χ3n) is 3.14. The second kappa shape index (κ2) is 6.00. The highest BCUT2D eigenvalue weighted by atomic mass is 32.2. The van der Waals surface area contributed by atoms with Gasteiger partial charge < -0.3 is 10.1 Å². The Morgan fingerprint density at radius 1 is 1.42 bits per heavy atom. The van der Waals surface area contributed by atoms with E-state index >= 15 is 0 Å². The molecule has 0 atom stereocenters. The van der Waals surface area contributed by atoms with Crippen molar-refractivity contribution in [1.29, 1.82) is 0 Å². The van der Waals surface area contributed by atoms with Crippen molar-refractivity contribution in [3.05, 3.63) is 11.3 Å². The molecule has 0 bridgehead atoms. The Bertz CT molecular complexity index is 520. The van der Waals surface area contributed by atoms with Gasteiger partial charge in [0.15, 0.2) is 5.03 Å². The van der Waals surface area contributed by atoms with E-state index in [1.807, 2.05) is 13.8 Å². The lowest BCUT2D eigenvalue weighted by Crippen LogP contribution is -2.41. The van der Waals surface area contributed by atoms with Crippen LogP contribution in [0.4, 0.5) is 0 Å². The topological polar surface area (TPSA) is 87.3 Å². The number of aromatic nitrogens is 2. The molecule has 0 unspecified atom stereocenters. The number of nitrogens with zero attached hydrogens (tertiary/aromatic N) is 2. The number of aryl methyl sites for hydroxylation is 1. The molecule has 0 aromatic carbocycles. The van der Waals surface area contributed by atoms with Gasteiger partial charge in [0.05, 0.1) is 13.2 Å². The van der Waals surface area contributed by atoms with Gasteiger partial charge in [0.25, 0.3) is 10.0 Å². The van der Waals surface area contributed by atoms with Gasteiger partial charge in [0.1, 0.15) is 0 Å². The predicted molar refractivity (Wildman–Crippen MR) is 70.3 cm³/mol. The molecule has 0 aliphatic carbocycles. The SMILES string of the molecule is CCNCc1c(S(=O)(=O)N2CCOCC2)n[nH]c1C. The molecule has 1 aromatic rings.